The third-order valence-electron chi connectivity index (χ3n) is 3.37. The highest BCUT2D eigenvalue weighted by Gasteiger charge is 2.24. The zero-order chi connectivity index (χ0) is 12.4. The van der Waals surface area contributed by atoms with Crippen LogP contribution in [0.3, 0.4) is 0 Å². The molecule has 0 amide bonds. The molecule has 1 fully saturated rings. The Labute approximate surface area is 100 Å². The van der Waals surface area contributed by atoms with Crippen molar-refractivity contribution in [2.45, 2.75) is 13.0 Å². The van der Waals surface area contributed by atoms with Gasteiger partial charge >= 0.3 is 5.97 Å². The number of hydrogen-bond acceptors (Lipinski definition) is 4. The lowest BCUT2D eigenvalue weighted by atomic mass is 10.1. The molecule has 6 heteroatoms. The summed E-state index contributed by atoms with van der Waals surface area (Å²) in [6.07, 6.45) is 2.50. The van der Waals surface area contributed by atoms with E-state index in [9.17, 15) is 4.79 Å². The number of rotatable bonds is 4. The number of nitrogens with zero attached hydrogens (tertiary/aromatic N) is 3. The number of likely N-dealkylation sites (tertiary alicyclic amines) is 1. The van der Waals surface area contributed by atoms with Crippen molar-refractivity contribution in [2.75, 3.05) is 19.6 Å². The molecule has 6 nitrogen and oxygen atoms in total. The van der Waals surface area contributed by atoms with Crippen molar-refractivity contribution in [3.8, 4) is 0 Å². The second-order valence-electron chi connectivity index (χ2n) is 4.56. The summed E-state index contributed by atoms with van der Waals surface area (Å²) >= 11 is 0. The second kappa shape index (κ2) is 4.85. The highest BCUT2D eigenvalue weighted by molar-refractivity contribution is 5.88. The predicted octanol–water partition coefficient (Wildman–Crippen LogP) is -0.101. The van der Waals surface area contributed by atoms with Crippen molar-refractivity contribution < 1.29 is 9.90 Å². The molecule has 17 heavy (non-hydrogen) atoms. The van der Waals surface area contributed by atoms with Gasteiger partial charge in [0, 0.05) is 20.1 Å². The van der Waals surface area contributed by atoms with Crippen molar-refractivity contribution in [3.63, 3.8) is 0 Å². The summed E-state index contributed by atoms with van der Waals surface area (Å²) in [4.78, 5) is 13.3. The van der Waals surface area contributed by atoms with Crippen LogP contribution in [0.25, 0.3) is 0 Å². The van der Waals surface area contributed by atoms with Crippen molar-refractivity contribution in [3.05, 3.63) is 17.5 Å². The van der Waals surface area contributed by atoms with E-state index in [1.165, 1.54) is 6.20 Å². The van der Waals surface area contributed by atoms with Crippen molar-refractivity contribution in [2.24, 2.45) is 18.7 Å². The highest BCUT2D eigenvalue weighted by atomic mass is 16.4. The fourth-order valence-corrected chi connectivity index (χ4v) is 2.29. The first kappa shape index (κ1) is 12.1. The summed E-state index contributed by atoms with van der Waals surface area (Å²) in [6.45, 7) is 3.26. The minimum Gasteiger partial charge on any atom is -0.478 e. The van der Waals surface area contributed by atoms with Crippen LogP contribution in [0.2, 0.25) is 0 Å². The molecule has 1 aliphatic rings. The third-order valence-corrected chi connectivity index (χ3v) is 3.37. The van der Waals surface area contributed by atoms with Crippen LogP contribution in [0.1, 0.15) is 22.5 Å². The molecule has 1 saturated heterocycles. The Hall–Kier alpha value is -1.40. The van der Waals surface area contributed by atoms with Gasteiger partial charge in [-0.1, -0.05) is 0 Å². The summed E-state index contributed by atoms with van der Waals surface area (Å²) in [5, 5.41) is 13.1. The molecule has 0 aromatic carbocycles. The van der Waals surface area contributed by atoms with E-state index in [1.807, 2.05) is 0 Å². The maximum atomic E-state index is 11.0. The molecule has 1 unspecified atom stereocenters. The van der Waals surface area contributed by atoms with Gasteiger partial charge in [-0.25, -0.2) is 4.79 Å². The van der Waals surface area contributed by atoms with Gasteiger partial charge in [0.25, 0.3) is 0 Å². The molecule has 3 N–H and O–H groups in total. The molecule has 1 aromatic rings. The second-order valence-corrected chi connectivity index (χ2v) is 4.56. The third kappa shape index (κ3) is 2.48. The Bertz CT molecular complexity index is 416. The van der Waals surface area contributed by atoms with Crippen LogP contribution in [0.4, 0.5) is 0 Å². The molecule has 0 aliphatic carbocycles. The maximum absolute atomic E-state index is 11.0. The van der Waals surface area contributed by atoms with Crippen LogP contribution in [0, 0.1) is 5.92 Å². The Morgan fingerprint density at radius 2 is 2.47 bits per heavy atom. The van der Waals surface area contributed by atoms with E-state index in [4.69, 9.17) is 10.8 Å². The van der Waals surface area contributed by atoms with Crippen molar-refractivity contribution >= 4 is 5.97 Å². The quantitative estimate of drug-likeness (QED) is 0.765. The summed E-state index contributed by atoms with van der Waals surface area (Å²) in [5.41, 5.74) is 6.69. The van der Waals surface area contributed by atoms with E-state index in [1.54, 1.807) is 11.7 Å². The molecular formula is C11H18N4O2. The topological polar surface area (TPSA) is 84.4 Å². The largest absolute Gasteiger partial charge is 0.478 e. The normalized spacial score (nSPS) is 20.9. The summed E-state index contributed by atoms with van der Waals surface area (Å²) < 4.78 is 1.64. The van der Waals surface area contributed by atoms with Gasteiger partial charge < -0.3 is 10.8 Å². The average Bonchev–Trinajstić information content (AvgIpc) is 2.87. The number of hydrogen-bond donors (Lipinski definition) is 2. The number of aromatic nitrogens is 2. The van der Waals surface area contributed by atoms with Crippen molar-refractivity contribution in [1.82, 2.24) is 14.7 Å². The molecule has 94 valence electrons. The van der Waals surface area contributed by atoms with E-state index >= 15 is 0 Å². The first-order valence-corrected chi connectivity index (χ1v) is 5.78. The van der Waals surface area contributed by atoms with E-state index < -0.39 is 5.97 Å². The minimum atomic E-state index is -0.914. The molecule has 0 radical (unpaired) electrons. The summed E-state index contributed by atoms with van der Waals surface area (Å²) in [6, 6.07) is 0. The number of aromatic carboxylic acids is 1. The lowest BCUT2D eigenvalue weighted by molar-refractivity contribution is 0.0694. The van der Waals surface area contributed by atoms with Crippen LogP contribution in [-0.4, -0.2) is 45.4 Å². The van der Waals surface area contributed by atoms with Crippen molar-refractivity contribution in [1.29, 1.82) is 0 Å². The Balaban J connectivity index is 2.08. The molecule has 1 atom stereocenters. The van der Waals surface area contributed by atoms with Gasteiger partial charge in [0.05, 0.1) is 11.9 Å². The molecular weight excluding hydrogens is 220 g/mol. The SMILES string of the molecule is Cn1ncc(C(=O)O)c1CN1CCC(CN)C1. The predicted molar refractivity (Wildman–Crippen MR) is 62.6 cm³/mol. The molecule has 2 heterocycles. The zero-order valence-corrected chi connectivity index (χ0v) is 9.96. The van der Waals surface area contributed by atoms with E-state index in [2.05, 4.69) is 10.00 Å². The van der Waals surface area contributed by atoms with Crippen LogP contribution in [0.15, 0.2) is 6.20 Å². The first-order chi connectivity index (χ1) is 8.11. The first-order valence-electron chi connectivity index (χ1n) is 5.78. The Kier molecular flexibility index (Phi) is 3.44. The van der Waals surface area contributed by atoms with E-state index in [-0.39, 0.29) is 0 Å². The number of nitrogens with two attached hydrogens (primary N) is 1. The molecule has 2 rings (SSSR count). The fourth-order valence-electron chi connectivity index (χ4n) is 2.29. The molecule has 0 bridgehead atoms. The number of carboxylic acids is 1. The molecule has 0 spiro atoms. The van der Waals surface area contributed by atoms with Gasteiger partial charge in [0.2, 0.25) is 0 Å². The lowest BCUT2D eigenvalue weighted by Gasteiger charge is -2.16. The maximum Gasteiger partial charge on any atom is 0.339 e. The van der Waals surface area contributed by atoms with Gasteiger partial charge in [0.15, 0.2) is 0 Å². The highest BCUT2D eigenvalue weighted by Crippen LogP contribution is 2.19. The van der Waals surface area contributed by atoms with Gasteiger partial charge in [0.1, 0.15) is 5.56 Å². The number of aryl methyl sites for hydroxylation is 1. The van der Waals surface area contributed by atoms with Crippen LogP contribution < -0.4 is 5.73 Å². The van der Waals surface area contributed by atoms with E-state index in [0.29, 0.717) is 24.6 Å². The average molecular weight is 238 g/mol. The Morgan fingerprint density at radius 1 is 1.71 bits per heavy atom. The summed E-state index contributed by atoms with van der Waals surface area (Å²) in [5.74, 6) is -0.376. The lowest BCUT2D eigenvalue weighted by Crippen LogP contribution is -2.24. The fraction of sp³-hybridized carbons (Fsp3) is 0.636. The summed E-state index contributed by atoms with van der Waals surface area (Å²) in [7, 11) is 1.78. The van der Waals surface area contributed by atoms with Gasteiger partial charge in [-0.05, 0) is 25.4 Å². The van der Waals surface area contributed by atoms with Crippen LogP contribution in [-0.2, 0) is 13.6 Å². The number of carbonyl (C=O) groups is 1. The minimum absolute atomic E-state index is 0.295. The van der Waals surface area contributed by atoms with Gasteiger partial charge in [-0.15, -0.1) is 0 Å². The molecule has 1 aliphatic heterocycles. The van der Waals surface area contributed by atoms with Crippen LogP contribution >= 0.6 is 0 Å². The molecule has 1 aromatic heterocycles. The monoisotopic (exact) mass is 238 g/mol. The van der Waals surface area contributed by atoms with Gasteiger partial charge in [-0.2, -0.15) is 5.10 Å². The zero-order valence-electron chi connectivity index (χ0n) is 9.96. The Morgan fingerprint density at radius 3 is 3.06 bits per heavy atom. The van der Waals surface area contributed by atoms with Crippen LogP contribution in [0.5, 0.6) is 0 Å². The van der Waals surface area contributed by atoms with E-state index in [0.717, 1.165) is 25.2 Å². The van der Waals surface area contributed by atoms with Gasteiger partial charge in [-0.3, -0.25) is 9.58 Å². The number of carboxylic acid groups (broad SMARTS) is 1. The molecule has 0 saturated carbocycles. The smallest absolute Gasteiger partial charge is 0.339 e. The standard InChI is InChI=1S/C11H18N4O2/c1-14-10(9(5-13-14)11(16)17)7-15-3-2-8(4-12)6-15/h5,8H,2-4,6-7,12H2,1H3,(H,16,17).